The maximum absolute atomic E-state index is 3.93. The first kappa shape index (κ1) is 21.3. The van der Waals surface area contributed by atoms with Gasteiger partial charge in [-0.15, -0.1) is 11.3 Å². The first-order chi connectivity index (χ1) is 19.4. The molecular formula is C37H23NS. The fraction of sp³-hybridized carbons (Fsp3) is 0.0270. The van der Waals surface area contributed by atoms with Crippen molar-refractivity contribution in [3.8, 4) is 22.3 Å². The van der Waals surface area contributed by atoms with Crippen molar-refractivity contribution in [3.05, 3.63) is 156 Å². The largest absolute Gasteiger partial charge is 0.354 e. The second-order valence-electron chi connectivity index (χ2n) is 10.5. The summed E-state index contributed by atoms with van der Waals surface area (Å²) < 4.78 is 2.63. The number of nitrogens with one attached hydrogen (secondary N) is 1. The van der Waals surface area contributed by atoms with Gasteiger partial charge in [0.05, 0.1) is 5.41 Å². The summed E-state index contributed by atoms with van der Waals surface area (Å²) in [5.41, 5.74) is 12.7. The van der Waals surface area contributed by atoms with Crippen molar-refractivity contribution in [3.63, 3.8) is 0 Å². The van der Waals surface area contributed by atoms with E-state index >= 15 is 0 Å². The van der Waals surface area contributed by atoms with Crippen LogP contribution in [0.2, 0.25) is 0 Å². The summed E-state index contributed by atoms with van der Waals surface area (Å²) in [6, 6.07) is 49.1. The van der Waals surface area contributed by atoms with E-state index in [-0.39, 0.29) is 5.41 Å². The molecule has 6 aromatic carbocycles. The Labute approximate surface area is 231 Å². The molecule has 0 saturated carbocycles. The smallest absolute Gasteiger partial charge is 0.0726 e. The molecule has 0 aliphatic heterocycles. The van der Waals surface area contributed by atoms with Crippen molar-refractivity contribution < 1.29 is 0 Å². The Bertz CT molecular complexity index is 2070. The zero-order chi connectivity index (χ0) is 25.6. The Hall–Kier alpha value is -4.66. The molecule has 39 heavy (non-hydrogen) atoms. The van der Waals surface area contributed by atoms with E-state index in [1.165, 1.54) is 64.7 Å². The topological polar surface area (TPSA) is 12.0 Å². The first-order valence-electron chi connectivity index (χ1n) is 13.5. The van der Waals surface area contributed by atoms with Crippen LogP contribution in [0.5, 0.6) is 0 Å². The molecule has 182 valence electrons. The molecule has 2 aliphatic carbocycles. The Balaban J connectivity index is 1.34. The molecule has 1 heterocycles. The molecule has 0 atom stereocenters. The van der Waals surface area contributed by atoms with Gasteiger partial charge >= 0.3 is 0 Å². The summed E-state index contributed by atoms with van der Waals surface area (Å²) in [7, 11) is 0. The monoisotopic (exact) mass is 513 g/mol. The third-order valence-corrected chi connectivity index (χ3v) is 9.83. The lowest BCUT2D eigenvalue weighted by molar-refractivity contribution is 0.794. The fourth-order valence-electron chi connectivity index (χ4n) is 7.27. The second kappa shape index (κ2) is 7.69. The maximum atomic E-state index is 3.93. The number of rotatable bonds is 2. The SMILES string of the molecule is c1ccc2c(c1)-c1ccccc1C21c2ccccc2-c2c(Nc3cccc4sc5ccccc5c34)cccc21. The van der Waals surface area contributed by atoms with Crippen molar-refractivity contribution in [2.45, 2.75) is 5.41 Å². The van der Waals surface area contributed by atoms with Crippen LogP contribution < -0.4 is 5.32 Å². The standard InChI is InChI=1S/C37H23NS/c1-5-15-27-23(11-1)24-12-2-6-16-28(24)37(27)29-17-7-3-13-25(29)35-30(37)18-9-19-31(35)38-32-20-10-22-34-36(32)26-14-4-8-21-33(26)39-34/h1-22,38H. The minimum absolute atomic E-state index is 0.322. The average Bonchev–Trinajstić information content (AvgIpc) is 3.62. The molecule has 2 heteroatoms. The predicted octanol–water partition coefficient (Wildman–Crippen LogP) is 10.1. The summed E-state index contributed by atoms with van der Waals surface area (Å²) >= 11 is 1.86. The number of fused-ring (bicyclic) bond motifs is 13. The van der Waals surface area contributed by atoms with E-state index in [4.69, 9.17) is 0 Å². The van der Waals surface area contributed by atoms with Gasteiger partial charge in [-0.25, -0.2) is 0 Å². The Morgan fingerprint density at radius 1 is 0.436 bits per heavy atom. The molecule has 0 amide bonds. The number of hydrogen-bond acceptors (Lipinski definition) is 2. The fourth-order valence-corrected chi connectivity index (χ4v) is 8.40. The first-order valence-corrected chi connectivity index (χ1v) is 14.3. The zero-order valence-electron chi connectivity index (χ0n) is 21.1. The van der Waals surface area contributed by atoms with E-state index in [0.29, 0.717) is 0 Å². The van der Waals surface area contributed by atoms with Gasteiger partial charge in [-0.3, -0.25) is 0 Å². The summed E-state index contributed by atoms with van der Waals surface area (Å²) in [4.78, 5) is 0. The van der Waals surface area contributed by atoms with E-state index < -0.39 is 0 Å². The summed E-state index contributed by atoms with van der Waals surface area (Å²) in [5, 5.41) is 6.54. The van der Waals surface area contributed by atoms with E-state index in [0.717, 1.165) is 11.4 Å². The van der Waals surface area contributed by atoms with Gasteiger partial charge in [0.25, 0.3) is 0 Å². The van der Waals surface area contributed by atoms with Crippen molar-refractivity contribution in [1.82, 2.24) is 0 Å². The molecule has 1 nitrogen and oxygen atoms in total. The van der Waals surface area contributed by atoms with Crippen LogP contribution in [0.25, 0.3) is 42.4 Å². The molecular weight excluding hydrogens is 490 g/mol. The van der Waals surface area contributed by atoms with Crippen LogP contribution in [0.4, 0.5) is 11.4 Å². The highest BCUT2D eigenvalue weighted by molar-refractivity contribution is 7.25. The van der Waals surface area contributed by atoms with Crippen LogP contribution in [-0.2, 0) is 5.41 Å². The zero-order valence-corrected chi connectivity index (χ0v) is 21.9. The third-order valence-electron chi connectivity index (χ3n) is 8.69. The van der Waals surface area contributed by atoms with Crippen LogP contribution in [-0.4, -0.2) is 0 Å². The van der Waals surface area contributed by atoms with E-state index in [1.807, 2.05) is 11.3 Å². The molecule has 0 fully saturated rings. The number of thiophene rings is 1. The Morgan fingerprint density at radius 3 is 1.74 bits per heavy atom. The second-order valence-corrected chi connectivity index (χ2v) is 11.6. The van der Waals surface area contributed by atoms with Crippen LogP contribution in [0.3, 0.4) is 0 Å². The van der Waals surface area contributed by atoms with Crippen molar-refractivity contribution in [1.29, 1.82) is 0 Å². The predicted molar refractivity (Wildman–Crippen MR) is 165 cm³/mol. The van der Waals surface area contributed by atoms with Gasteiger partial charge < -0.3 is 5.32 Å². The number of benzene rings is 6. The van der Waals surface area contributed by atoms with Crippen LogP contribution >= 0.6 is 11.3 Å². The average molecular weight is 514 g/mol. The van der Waals surface area contributed by atoms with Crippen molar-refractivity contribution in [2.75, 3.05) is 5.32 Å². The van der Waals surface area contributed by atoms with Gasteiger partial charge in [-0.1, -0.05) is 109 Å². The lowest BCUT2D eigenvalue weighted by Gasteiger charge is -2.30. The highest BCUT2D eigenvalue weighted by Gasteiger charge is 2.51. The molecule has 7 aromatic rings. The summed E-state index contributed by atoms with van der Waals surface area (Å²) in [5.74, 6) is 0. The molecule has 9 rings (SSSR count). The molecule has 1 aromatic heterocycles. The molecule has 0 unspecified atom stereocenters. The Kier molecular flexibility index (Phi) is 4.20. The molecule has 2 aliphatic rings. The van der Waals surface area contributed by atoms with Gasteiger partial charge in [0.1, 0.15) is 0 Å². The maximum Gasteiger partial charge on any atom is 0.0726 e. The van der Waals surface area contributed by atoms with Gasteiger partial charge in [0.2, 0.25) is 0 Å². The number of hydrogen-bond donors (Lipinski definition) is 1. The molecule has 0 saturated heterocycles. The molecule has 0 bridgehead atoms. The number of anilines is 2. The summed E-state index contributed by atoms with van der Waals surface area (Å²) in [6.07, 6.45) is 0. The molecule has 0 radical (unpaired) electrons. The minimum Gasteiger partial charge on any atom is -0.354 e. The van der Waals surface area contributed by atoms with E-state index in [1.54, 1.807) is 0 Å². The molecule has 1 N–H and O–H groups in total. The highest BCUT2D eigenvalue weighted by atomic mass is 32.1. The van der Waals surface area contributed by atoms with Gasteiger partial charge in [-0.05, 0) is 63.2 Å². The highest BCUT2D eigenvalue weighted by Crippen LogP contribution is 2.63. The Morgan fingerprint density at radius 2 is 0.974 bits per heavy atom. The quantitative estimate of drug-likeness (QED) is 0.242. The molecule has 1 spiro atoms. The normalized spacial score (nSPS) is 13.8. The third kappa shape index (κ3) is 2.64. The van der Waals surface area contributed by atoms with Gasteiger partial charge in [0, 0.05) is 37.1 Å². The lowest BCUT2D eigenvalue weighted by Crippen LogP contribution is -2.25. The van der Waals surface area contributed by atoms with Crippen molar-refractivity contribution in [2.24, 2.45) is 0 Å². The van der Waals surface area contributed by atoms with Crippen LogP contribution in [0.1, 0.15) is 22.3 Å². The van der Waals surface area contributed by atoms with Crippen LogP contribution in [0.15, 0.2) is 133 Å². The van der Waals surface area contributed by atoms with Crippen LogP contribution in [0, 0.1) is 0 Å². The van der Waals surface area contributed by atoms with Crippen molar-refractivity contribution >= 4 is 42.9 Å². The summed E-state index contributed by atoms with van der Waals surface area (Å²) in [6.45, 7) is 0. The minimum atomic E-state index is -0.322. The van der Waals surface area contributed by atoms with E-state index in [9.17, 15) is 0 Å². The van der Waals surface area contributed by atoms with Gasteiger partial charge in [0.15, 0.2) is 0 Å². The van der Waals surface area contributed by atoms with Gasteiger partial charge in [-0.2, -0.15) is 0 Å². The lowest BCUT2D eigenvalue weighted by atomic mass is 9.70. The van der Waals surface area contributed by atoms with E-state index in [2.05, 4.69) is 139 Å².